The van der Waals surface area contributed by atoms with Crippen LogP contribution in [0.25, 0.3) is 10.9 Å². The van der Waals surface area contributed by atoms with Gasteiger partial charge in [0.05, 0.1) is 11.4 Å². The molecular formula is C20H20N4O3. The van der Waals surface area contributed by atoms with Crippen LogP contribution in [0.1, 0.15) is 17.5 Å². The number of hydrogen-bond donors (Lipinski definition) is 5. The van der Waals surface area contributed by atoms with Gasteiger partial charge in [0, 0.05) is 29.9 Å². The second-order valence-corrected chi connectivity index (χ2v) is 6.66. The number of aryl methyl sites for hydroxylation is 1. The molecule has 7 heteroatoms. The zero-order valence-corrected chi connectivity index (χ0v) is 14.6. The number of hydroxylamine groups is 1. The highest BCUT2D eigenvalue weighted by atomic mass is 16.5. The van der Waals surface area contributed by atoms with Crippen LogP contribution in [0.5, 0.6) is 0 Å². The Labute approximate surface area is 155 Å². The van der Waals surface area contributed by atoms with Gasteiger partial charge in [0.1, 0.15) is 6.04 Å². The highest BCUT2D eigenvalue weighted by Gasteiger charge is 2.26. The Hall–Kier alpha value is -3.32. The summed E-state index contributed by atoms with van der Waals surface area (Å²) in [5.41, 5.74) is 6.24. The summed E-state index contributed by atoms with van der Waals surface area (Å²) in [5.74, 6) is -0.522. The average molecular weight is 364 g/mol. The van der Waals surface area contributed by atoms with Crippen molar-refractivity contribution in [3.63, 3.8) is 0 Å². The lowest BCUT2D eigenvalue weighted by Gasteiger charge is -2.27. The van der Waals surface area contributed by atoms with Gasteiger partial charge in [-0.1, -0.05) is 24.3 Å². The molecule has 1 aromatic heterocycles. The van der Waals surface area contributed by atoms with E-state index in [0.29, 0.717) is 18.5 Å². The monoisotopic (exact) mass is 364 g/mol. The van der Waals surface area contributed by atoms with E-state index in [1.165, 1.54) is 0 Å². The number of rotatable bonds is 5. The molecule has 138 valence electrons. The van der Waals surface area contributed by atoms with Crippen LogP contribution in [0.15, 0.2) is 48.7 Å². The fraction of sp³-hybridized carbons (Fsp3) is 0.200. The summed E-state index contributed by atoms with van der Waals surface area (Å²) in [5, 5.41) is 16.0. The molecular weight excluding hydrogens is 344 g/mol. The highest BCUT2D eigenvalue weighted by Crippen LogP contribution is 2.30. The molecule has 0 aliphatic carbocycles. The molecule has 0 fully saturated rings. The van der Waals surface area contributed by atoms with Gasteiger partial charge in [-0.25, -0.2) is 5.48 Å². The Bertz CT molecular complexity index is 1010. The van der Waals surface area contributed by atoms with Crippen LogP contribution < -0.4 is 16.1 Å². The molecule has 1 aliphatic heterocycles. The number of hydrogen-bond acceptors (Lipinski definition) is 4. The Morgan fingerprint density at radius 1 is 1.15 bits per heavy atom. The molecule has 3 aromatic rings. The zero-order valence-electron chi connectivity index (χ0n) is 14.6. The number of H-pyrrole nitrogens is 1. The maximum absolute atomic E-state index is 12.6. The number of aromatic amines is 1. The van der Waals surface area contributed by atoms with Crippen LogP contribution in [0.4, 0.5) is 11.4 Å². The first-order valence-electron chi connectivity index (χ1n) is 8.82. The number of amides is 2. The van der Waals surface area contributed by atoms with Crippen molar-refractivity contribution in [3.05, 3.63) is 59.8 Å². The first kappa shape index (κ1) is 17.1. The van der Waals surface area contributed by atoms with Crippen molar-refractivity contribution in [2.24, 2.45) is 0 Å². The number of benzene rings is 2. The molecule has 4 rings (SSSR count). The van der Waals surface area contributed by atoms with E-state index in [2.05, 4.69) is 15.6 Å². The van der Waals surface area contributed by atoms with Gasteiger partial charge < -0.3 is 15.6 Å². The summed E-state index contributed by atoms with van der Waals surface area (Å²) in [7, 11) is 0. The third kappa shape index (κ3) is 3.50. The second-order valence-electron chi connectivity index (χ2n) is 6.66. The molecule has 2 amide bonds. The summed E-state index contributed by atoms with van der Waals surface area (Å²) in [6, 6.07) is 13.3. The van der Waals surface area contributed by atoms with Gasteiger partial charge in [-0.05, 0) is 35.7 Å². The van der Waals surface area contributed by atoms with Crippen LogP contribution >= 0.6 is 0 Å². The predicted molar refractivity (Wildman–Crippen MR) is 103 cm³/mol. The van der Waals surface area contributed by atoms with Crippen molar-refractivity contribution in [2.45, 2.75) is 25.3 Å². The molecule has 2 heterocycles. The first-order valence-corrected chi connectivity index (χ1v) is 8.82. The topological polar surface area (TPSA) is 106 Å². The standard InChI is InChI=1S/C20H20N4O3/c25-19(24-27)8-6-12-5-7-16-17(9-12)23-20(26)18(22-16)10-13-11-21-15-4-2-1-3-14(13)15/h1-5,7,9,11,18,21-22,27H,6,8,10H2,(H,23,26)(H,24,25)/t18-/m0/s1. The van der Waals surface area contributed by atoms with E-state index in [1.807, 2.05) is 48.7 Å². The van der Waals surface area contributed by atoms with Gasteiger partial charge in [0.15, 0.2) is 0 Å². The van der Waals surface area contributed by atoms with Crippen LogP contribution in [-0.2, 0) is 22.4 Å². The minimum absolute atomic E-state index is 0.0852. The lowest BCUT2D eigenvalue weighted by molar-refractivity contribution is -0.129. The van der Waals surface area contributed by atoms with Gasteiger partial charge in [0.2, 0.25) is 11.8 Å². The molecule has 2 aromatic carbocycles. The largest absolute Gasteiger partial charge is 0.372 e. The highest BCUT2D eigenvalue weighted by molar-refractivity contribution is 6.03. The van der Waals surface area contributed by atoms with E-state index in [4.69, 9.17) is 5.21 Å². The van der Waals surface area contributed by atoms with E-state index in [9.17, 15) is 9.59 Å². The van der Waals surface area contributed by atoms with Crippen molar-refractivity contribution < 1.29 is 14.8 Å². The van der Waals surface area contributed by atoms with Crippen LogP contribution in [0.3, 0.4) is 0 Å². The SMILES string of the molecule is O=C(CCc1ccc2c(c1)NC(=O)[C@H](Cc1c[nH]c3ccccc13)N2)NO. The number of aromatic nitrogens is 1. The van der Waals surface area contributed by atoms with Crippen molar-refractivity contribution in [3.8, 4) is 0 Å². The van der Waals surface area contributed by atoms with Gasteiger partial charge in [-0.15, -0.1) is 0 Å². The van der Waals surface area contributed by atoms with Gasteiger partial charge in [-0.3, -0.25) is 14.8 Å². The average Bonchev–Trinajstić information content (AvgIpc) is 3.09. The van der Waals surface area contributed by atoms with Crippen LogP contribution in [-0.4, -0.2) is 28.0 Å². The van der Waals surface area contributed by atoms with E-state index < -0.39 is 5.91 Å². The van der Waals surface area contributed by atoms with Crippen molar-refractivity contribution >= 4 is 34.1 Å². The van der Waals surface area contributed by atoms with Gasteiger partial charge in [0.25, 0.3) is 0 Å². The number of para-hydroxylation sites is 1. The maximum atomic E-state index is 12.6. The molecule has 0 unspecified atom stereocenters. The fourth-order valence-corrected chi connectivity index (χ4v) is 3.43. The molecule has 5 N–H and O–H groups in total. The molecule has 0 spiro atoms. The number of carbonyl (C=O) groups is 2. The van der Waals surface area contributed by atoms with Crippen LogP contribution in [0, 0.1) is 0 Å². The van der Waals surface area contributed by atoms with Gasteiger partial charge >= 0.3 is 0 Å². The lowest BCUT2D eigenvalue weighted by Crippen LogP contribution is -2.40. The van der Waals surface area contributed by atoms with E-state index in [1.54, 1.807) is 5.48 Å². The molecule has 1 aliphatic rings. The molecule has 0 saturated carbocycles. The minimum Gasteiger partial charge on any atom is -0.372 e. The number of carbonyl (C=O) groups excluding carboxylic acids is 2. The number of fused-ring (bicyclic) bond motifs is 2. The third-order valence-corrected chi connectivity index (χ3v) is 4.85. The maximum Gasteiger partial charge on any atom is 0.247 e. The Morgan fingerprint density at radius 2 is 2.00 bits per heavy atom. The Morgan fingerprint density at radius 3 is 2.85 bits per heavy atom. The Kier molecular flexibility index (Phi) is 4.52. The molecule has 1 atom stereocenters. The summed E-state index contributed by atoms with van der Waals surface area (Å²) in [6.07, 6.45) is 3.19. The fourth-order valence-electron chi connectivity index (χ4n) is 3.43. The third-order valence-electron chi connectivity index (χ3n) is 4.85. The smallest absolute Gasteiger partial charge is 0.247 e. The second kappa shape index (κ2) is 7.13. The quantitative estimate of drug-likeness (QED) is 0.354. The van der Waals surface area contributed by atoms with E-state index in [0.717, 1.165) is 27.7 Å². The van der Waals surface area contributed by atoms with E-state index in [-0.39, 0.29) is 18.4 Å². The van der Waals surface area contributed by atoms with Crippen molar-refractivity contribution in [1.82, 2.24) is 10.5 Å². The first-order chi connectivity index (χ1) is 13.1. The number of nitrogens with one attached hydrogen (secondary N) is 4. The molecule has 27 heavy (non-hydrogen) atoms. The predicted octanol–water partition coefficient (Wildman–Crippen LogP) is 2.58. The molecule has 0 bridgehead atoms. The molecule has 7 nitrogen and oxygen atoms in total. The zero-order chi connectivity index (χ0) is 18.8. The van der Waals surface area contributed by atoms with Gasteiger partial charge in [-0.2, -0.15) is 0 Å². The Balaban J connectivity index is 1.50. The minimum atomic E-state index is -0.436. The van der Waals surface area contributed by atoms with E-state index >= 15 is 0 Å². The van der Waals surface area contributed by atoms with Crippen LogP contribution in [0.2, 0.25) is 0 Å². The summed E-state index contributed by atoms with van der Waals surface area (Å²) in [6.45, 7) is 0. The molecule has 0 saturated heterocycles. The normalized spacial score (nSPS) is 15.7. The summed E-state index contributed by atoms with van der Waals surface area (Å²) >= 11 is 0. The summed E-state index contributed by atoms with van der Waals surface area (Å²) < 4.78 is 0. The number of anilines is 2. The van der Waals surface area contributed by atoms with Crippen molar-refractivity contribution in [1.29, 1.82) is 0 Å². The summed E-state index contributed by atoms with van der Waals surface area (Å²) in [4.78, 5) is 27.0. The molecule has 0 radical (unpaired) electrons. The van der Waals surface area contributed by atoms with Crippen molar-refractivity contribution in [2.75, 3.05) is 10.6 Å². The lowest BCUT2D eigenvalue weighted by atomic mass is 10.0.